The molecule has 7 unspecified atom stereocenters. The first-order valence-corrected chi connectivity index (χ1v) is 15.1. The van der Waals surface area contributed by atoms with Crippen molar-refractivity contribution in [2.75, 3.05) is 13.7 Å². The predicted octanol–water partition coefficient (Wildman–Crippen LogP) is 5.03. The molecule has 1 aromatic heterocycles. The minimum atomic E-state index is -0.573. The summed E-state index contributed by atoms with van der Waals surface area (Å²) in [5, 5.41) is 1.25. The van der Waals surface area contributed by atoms with Gasteiger partial charge in [-0.1, -0.05) is 42.5 Å². The van der Waals surface area contributed by atoms with Crippen LogP contribution in [0.15, 0.2) is 59.6 Å². The quantitative estimate of drug-likeness (QED) is 0.249. The third-order valence-electron chi connectivity index (χ3n) is 8.80. The predicted molar refractivity (Wildman–Crippen MR) is 149 cm³/mol. The van der Waals surface area contributed by atoms with E-state index in [1.54, 1.807) is 23.1 Å². The first-order valence-electron chi connectivity index (χ1n) is 13.0. The maximum atomic E-state index is 13.5. The summed E-state index contributed by atoms with van der Waals surface area (Å²) in [6, 6.07) is 18.3. The Kier molecular flexibility index (Phi) is 6.17. The van der Waals surface area contributed by atoms with Crippen molar-refractivity contribution in [3.8, 4) is 5.75 Å². The molecule has 3 fully saturated rings. The van der Waals surface area contributed by atoms with E-state index in [2.05, 4.69) is 17.1 Å². The number of imide groups is 1. The number of H-pyrrole nitrogens is 1. The van der Waals surface area contributed by atoms with Crippen LogP contribution in [0, 0.1) is 33.5 Å². The number of thioether (sulfide) groups is 1. The van der Waals surface area contributed by atoms with Crippen LogP contribution < -0.4 is 4.74 Å². The fraction of sp³-hybridized carbons (Fsp3) is 0.379. The van der Waals surface area contributed by atoms with Crippen molar-refractivity contribution >= 4 is 53.1 Å². The number of carbonyl (C=O) groups is 3. The van der Waals surface area contributed by atoms with Gasteiger partial charge in [0.2, 0.25) is 11.8 Å². The smallest absolute Gasteiger partial charge is 0.325 e. The normalized spacial score (nSPS) is 30.2. The van der Waals surface area contributed by atoms with Crippen LogP contribution in [0.5, 0.6) is 5.75 Å². The first-order chi connectivity index (χ1) is 18.9. The summed E-state index contributed by atoms with van der Waals surface area (Å²) >= 11 is 8.94. The maximum absolute atomic E-state index is 13.5. The highest BCUT2D eigenvalue weighted by Crippen LogP contribution is 2.68. The zero-order chi connectivity index (χ0) is 26.8. The Morgan fingerprint density at radius 1 is 1.08 bits per heavy atom. The molecule has 7 rings (SSSR count). The van der Waals surface area contributed by atoms with Crippen molar-refractivity contribution in [1.82, 2.24) is 9.88 Å². The van der Waals surface area contributed by atoms with Gasteiger partial charge in [0.25, 0.3) is 0 Å². The summed E-state index contributed by atoms with van der Waals surface area (Å²) < 4.78 is 11.7. The van der Waals surface area contributed by atoms with Crippen LogP contribution in [0.3, 0.4) is 0 Å². The van der Waals surface area contributed by atoms with Gasteiger partial charge in [0.05, 0.1) is 24.0 Å². The van der Waals surface area contributed by atoms with Crippen LogP contribution in [0.25, 0.3) is 0 Å². The van der Waals surface area contributed by atoms with Gasteiger partial charge in [0.15, 0.2) is 3.95 Å². The summed E-state index contributed by atoms with van der Waals surface area (Å²) in [4.78, 5) is 44.6. The molecule has 1 N–H and O–H groups in total. The summed E-state index contributed by atoms with van der Waals surface area (Å²) in [6.45, 7) is 0.167. The molecule has 0 spiro atoms. The van der Waals surface area contributed by atoms with Crippen molar-refractivity contribution in [2.24, 2.45) is 29.6 Å². The number of likely N-dealkylation sites (tertiary alicyclic amines) is 1. The van der Waals surface area contributed by atoms with Gasteiger partial charge in [-0.05, 0) is 59.7 Å². The molecule has 2 saturated carbocycles. The average molecular weight is 579 g/mol. The Labute approximate surface area is 238 Å². The minimum Gasteiger partial charge on any atom is -0.489 e. The monoisotopic (exact) mass is 578 g/mol. The van der Waals surface area contributed by atoms with E-state index in [9.17, 15) is 14.4 Å². The molecule has 2 aromatic carbocycles. The van der Waals surface area contributed by atoms with E-state index in [-0.39, 0.29) is 59.1 Å². The highest BCUT2D eigenvalue weighted by Gasteiger charge is 2.69. The number of hydrogen-bond acceptors (Lipinski definition) is 8. The Hall–Kier alpha value is -2.95. The van der Waals surface area contributed by atoms with E-state index in [1.165, 1.54) is 12.0 Å². The number of aromatic nitrogens is 1. The number of amides is 2. The van der Waals surface area contributed by atoms with E-state index in [0.29, 0.717) is 6.61 Å². The van der Waals surface area contributed by atoms with Crippen molar-refractivity contribution in [3.05, 3.63) is 74.6 Å². The third kappa shape index (κ3) is 3.98. The molecular weight excluding hydrogens is 553 g/mol. The summed E-state index contributed by atoms with van der Waals surface area (Å²) in [7, 11) is 1.27. The van der Waals surface area contributed by atoms with Crippen molar-refractivity contribution in [2.45, 2.75) is 29.2 Å². The lowest BCUT2D eigenvalue weighted by Gasteiger charge is -2.43. The number of fused-ring (bicyclic) bond motifs is 9. The van der Waals surface area contributed by atoms with E-state index in [4.69, 9.17) is 21.7 Å². The molecule has 1 saturated heterocycles. The van der Waals surface area contributed by atoms with Crippen LogP contribution in [0.4, 0.5) is 0 Å². The molecular formula is C29H26N2O5S3. The topological polar surface area (TPSA) is 88.7 Å². The van der Waals surface area contributed by atoms with Crippen LogP contribution in [0.2, 0.25) is 0 Å². The largest absolute Gasteiger partial charge is 0.489 e. The van der Waals surface area contributed by atoms with E-state index in [1.807, 2.05) is 42.5 Å². The zero-order valence-corrected chi connectivity index (χ0v) is 23.5. The van der Waals surface area contributed by atoms with Crippen LogP contribution >= 0.6 is 35.3 Å². The molecule has 3 heterocycles. The molecule has 2 aliphatic heterocycles. The Morgan fingerprint density at radius 2 is 1.85 bits per heavy atom. The van der Waals surface area contributed by atoms with Gasteiger partial charge >= 0.3 is 5.97 Å². The zero-order valence-electron chi connectivity index (χ0n) is 21.1. The maximum Gasteiger partial charge on any atom is 0.325 e. The lowest BCUT2D eigenvalue weighted by molar-refractivity contribution is -0.151. The molecule has 39 heavy (non-hydrogen) atoms. The molecule has 7 atom stereocenters. The van der Waals surface area contributed by atoms with Gasteiger partial charge < -0.3 is 14.5 Å². The molecule has 2 amide bonds. The van der Waals surface area contributed by atoms with Crippen molar-refractivity contribution in [3.63, 3.8) is 0 Å². The van der Waals surface area contributed by atoms with Crippen molar-refractivity contribution in [1.29, 1.82) is 0 Å². The molecule has 10 heteroatoms. The Morgan fingerprint density at radius 3 is 2.62 bits per heavy atom. The van der Waals surface area contributed by atoms with Crippen LogP contribution in [-0.2, 0) is 25.7 Å². The number of benzene rings is 2. The summed E-state index contributed by atoms with van der Waals surface area (Å²) in [6.07, 6.45) is 0.845. The van der Waals surface area contributed by atoms with Crippen molar-refractivity contribution < 1.29 is 23.9 Å². The number of esters is 1. The summed E-state index contributed by atoms with van der Waals surface area (Å²) in [5.41, 5.74) is 2.23. The number of thiazole rings is 1. The SMILES string of the molecule is COC(=O)CN1C(=O)C2C3CC(C2C1=O)C1C(c2cccc(OCc4ccccc4)c2)c2sc(=S)[nH]c2SC31. The molecule has 2 bridgehead atoms. The lowest BCUT2D eigenvalue weighted by Crippen LogP contribution is -2.42. The highest BCUT2D eigenvalue weighted by molar-refractivity contribution is 8.00. The Bertz CT molecular complexity index is 1530. The molecule has 0 radical (unpaired) electrons. The van der Waals surface area contributed by atoms with E-state index >= 15 is 0 Å². The van der Waals surface area contributed by atoms with Crippen LogP contribution in [0.1, 0.15) is 28.3 Å². The average Bonchev–Trinajstić information content (AvgIpc) is 3.68. The van der Waals surface area contributed by atoms with Gasteiger partial charge in [-0.3, -0.25) is 19.3 Å². The second kappa shape index (κ2) is 9.60. The third-order valence-corrected chi connectivity index (χ3v) is 11.7. The standard InChI is InChI=1S/C29H26N2O5S3/c1-35-19(32)12-31-27(33)22-17-11-18(23(22)28(31)34)24-21(17)20(25-26(38-24)30-29(37)39-25)15-8-5-9-16(10-15)36-13-14-6-3-2-4-7-14/h2-10,17-18,20-24H,11-13H2,1H3,(H,30,37). The van der Waals surface area contributed by atoms with E-state index in [0.717, 1.165) is 37.2 Å². The fourth-order valence-corrected chi connectivity index (χ4v) is 10.7. The van der Waals surface area contributed by atoms with Gasteiger partial charge in [-0.2, -0.15) is 0 Å². The number of hydrogen-bond donors (Lipinski definition) is 1. The molecule has 7 nitrogen and oxygen atoms in total. The summed E-state index contributed by atoms with van der Waals surface area (Å²) in [5.74, 6) is -0.639. The lowest BCUT2D eigenvalue weighted by atomic mass is 9.68. The van der Waals surface area contributed by atoms with Gasteiger partial charge in [0.1, 0.15) is 18.9 Å². The van der Waals surface area contributed by atoms with E-state index < -0.39 is 5.97 Å². The molecule has 200 valence electrons. The number of rotatable bonds is 6. The number of carbonyl (C=O) groups excluding carboxylic acids is 3. The second-order valence-corrected chi connectivity index (χ2v) is 13.6. The van der Waals surface area contributed by atoms with Gasteiger partial charge in [-0.25, -0.2) is 0 Å². The first kappa shape index (κ1) is 25.0. The number of nitrogens with zero attached hydrogens (tertiary/aromatic N) is 1. The fourth-order valence-electron chi connectivity index (χ4n) is 7.34. The molecule has 4 aliphatic rings. The van der Waals surface area contributed by atoms with Crippen LogP contribution in [-0.4, -0.2) is 46.6 Å². The minimum absolute atomic E-state index is 0.0398. The number of methoxy groups -OCH3 is 1. The molecule has 2 aliphatic carbocycles. The number of ether oxygens (including phenoxy) is 2. The highest BCUT2D eigenvalue weighted by atomic mass is 32.2. The molecule has 3 aromatic rings. The second-order valence-electron chi connectivity index (χ2n) is 10.6. The van der Waals surface area contributed by atoms with Gasteiger partial charge in [0, 0.05) is 16.0 Å². The Balaban J connectivity index is 1.24. The van der Waals surface area contributed by atoms with Gasteiger partial charge in [-0.15, -0.1) is 23.1 Å². The number of aromatic amines is 1. The number of nitrogens with one attached hydrogen (secondary N) is 1.